The molecule has 20 heavy (non-hydrogen) atoms. The molecule has 0 amide bonds. The Morgan fingerprint density at radius 1 is 1.30 bits per heavy atom. The molecule has 1 fully saturated rings. The van der Waals surface area contributed by atoms with E-state index < -0.39 is 0 Å². The van der Waals surface area contributed by atoms with Gasteiger partial charge in [0, 0.05) is 24.3 Å². The molecule has 1 aliphatic rings. The van der Waals surface area contributed by atoms with Crippen molar-refractivity contribution in [2.24, 2.45) is 5.92 Å². The number of nitrogens with one attached hydrogen (secondary N) is 1. The maximum atomic E-state index is 13.6. The van der Waals surface area contributed by atoms with Gasteiger partial charge in [-0.2, -0.15) is 0 Å². The van der Waals surface area contributed by atoms with E-state index in [0.717, 1.165) is 18.7 Å². The monoisotopic (exact) mass is 278 g/mol. The van der Waals surface area contributed by atoms with E-state index in [1.807, 2.05) is 6.07 Å². The summed E-state index contributed by atoms with van der Waals surface area (Å²) in [5.74, 6) is 0.469. The van der Waals surface area contributed by atoms with Crippen molar-refractivity contribution in [3.8, 4) is 0 Å². The van der Waals surface area contributed by atoms with E-state index in [1.165, 1.54) is 18.5 Å². The summed E-state index contributed by atoms with van der Waals surface area (Å²) in [5, 5.41) is 3.40. The molecular weight excluding hydrogens is 251 g/mol. The largest absolute Gasteiger partial charge is 0.368 e. The Morgan fingerprint density at radius 2 is 2.00 bits per heavy atom. The zero-order valence-corrected chi connectivity index (χ0v) is 13.1. The summed E-state index contributed by atoms with van der Waals surface area (Å²) in [6, 6.07) is 6.07. The van der Waals surface area contributed by atoms with Gasteiger partial charge in [0.05, 0.1) is 0 Å². The van der Waals surface area contributed by atoms with Gasteiger partial charge in [0.15, 0.2) is 0 Å². The van der Waals surface area contributed by atoms with Crippen LogP contribution in [0.3, 0.4) is 0 Å². The predicted octanol–water partition coefficient (Wildman–Crippen LogP) is 4.12. The lowest BCUT2D eigenvalue weighted by Crippen LogP contribution is -2.32. The van der Waals surface area contributed by atoms with Crippen LogP contribution in [0.4, 0.5) is 10.1 Å². The van der Waals surface area contributed by atoms with E-state index in [2.05, 4.69) is 37.9 Å². The number of hydrogen-bond acceptors (Lipinski definition) is 2. The third kappa shape index (κ3) is 3.72. The Hall–Kier alpha value is -1.09. The molecule has 0 aromatic heterocycles. The number of hydrogen-bond donors (Lipinski definition) is 1. The van der Waals surface area contributed by atoms with Gasteiger partial charge in [0.1, 0.15) is 5.82 Å². The van der Waals surface area contributed by atoms with Crippen LogP contribution in [0.25, 0.3) is 0 Å². The van der Waals surface area contributed by atoms with Crippen LogP contribution in [-0.2, 0) is 0 Å². The minimum atomic E-state index is -0.145. The second-order valence-electron chi connectivity index (χ2n) is 6.26. The van der Waals surface area contributed by atoms with Crippen LogP contribution in [0.5, 0.6) is 0 Å². The summed E-state index contributed by atoms with van der Waals surface area (Å²) in [7, 11) is 0. The molecule has 1 aromatic carbocycles. The highest BCUT2D eigenvalue weighted by atomic mass is 19.1. The van der Waals surface area contributed by atoms with Crippen molar-refractivity contribution < 1.29 is 4.39 Å². The summed E-state index contributed by atoms with van der Waals surface area (Å²) < 4.78 is 13.6. The first-order valence-corrected chi connectivity index (χ1v) is 7.82. The highest BCUT2D eigenvalue weighted by Gasteiger charge is 2.31. The molecule has 0 saturated heterocycles. The number of rotatable bonds is 7. The van der Waals surface area contributed by atoms with Crippen LogP contribution >= 0.6 is 0 Å². The Labute approximate surface area is 122 Å². The lowest BCUT2D eigenvalue weighted by atomic mass is 10.0. The number of benzene rings is 1. The summed E-state index contributed by atoms with van der Waals surface area (Å²) >= 11 is 0. The fourth-order valence-corrected chi connectivity index (χ4v) is 2.77. The normalized spacial score (nSPS) is 16.5. The molecule has 0 heterocycles. The fourth-order valence-electron chi connectivity index (χ4n) is 2.77. The second-order valence-corrected chi connectivity index (χ2v) is 6.26. The van der Waals surface area contributed by atoms with Gasteiger partial charge in [-0.1, -0.05) is 20.8 Å². The Morgan fingerprint density at radius 3 is 2.55 bits per heavy atom. The maximum absolute atomic E-state index is 13.6. The molecule has 1 aliphatic carbocycles. The van der Waals surface area contributed by atoms with E-state index >= 15 is 0 Å². The first kappa shape index (κ1) is 15.3. The minimum absolute atomic E-state index is 0.145. The summed E-state index contributed by atoms with van der Waals surface area (Å²) in [4.78, 5) is 2.48. The van der Waals surface area contributed by atoms with Crippen LogP contribution in [0, 0.1) is 11.7 Å². The number of nitrogens with zero attached hydrogens (tertiary/aromatic N) is 1. The smallest absolute Gasteiger partial charge is 0.123 e. The van der Waals surface area contributed by atoms with Gasteiger partial charge < -0.3 is 10.2 Å². The molecule has 112 valence electrons. The Bertz CT molecular complexity index is 441. The topological polar surface area (TPSA) is 15.3 Å². The highest BCUT2D eigenvalue weighted by molar-refractivity contribution is 5.57. The van der Waals surface area contributed by atoms with E-state index in [-0.39, 0.29) is 11.9 Å². The van der Waals surface area contributed by atoms with Crippen molar-refractivity contribution in [3.63, 3.8) is 0 Å². The molecule has 2 rings (SSSR count). The van der Waals surface area contributed by atoms with Crippen LogP contribution < -0.4 is 10.2 Å². The van der Waals surface area contributed by atoms with Crippen LogP contribution in [0.15, 0.2) is 18.2 Å². The van der Waals surface area contributed by atoms with Gasteiger partial charge >= 0.3 is 0 Å². The molecule has 0 radical (unpaired) electrons. The molecule has 0 aliphatic heterocycles. The van der Waals surface area contributed by atoms with Crippen molar-refractivity contribution in [3.05, 3.63) is 29.6 Å². The zero-order valence-electron chi connectivity index (χ0n) is 13.1. The van der Waals surface area contributed by atoms with Crippen LogP contribution in [0.2, 0.25) is 0 Å². The minimum Gasteiger partial charge on any atom is -0.368 e. The Kier molecular flexibility index (Phi) is 5.03. The molecule has 2 nitrogen and oxygen atoms in total. The fraction of sp³-hybridized carbons (Fsp3) is 0.647. The average Bonchev–Trinajstić information content (AvgIpc) is 3.20. The van der Waals surface area contributed by atoms with Crippen molar-refractivity contribution in [2.75, 3.05) is 18.0 Å². The first-order valence-electron chi connectivity index (χ1n) is 7.82. The SMILES string of the molecule is CCNC(C)c1cc(F)ccc1N(CC(C)C)C1CC1. The van der Waals surface area contributed by atoms with E-state index in [0.29, 0.717) is 12.0 Å². The van der Waals surface area contributed by atoms with E-state index in [4.69, 9.17) is 0 Å². The number of halogens is 1. The van der Waals surface area contributed by atoms with Gasteiger partial charge in [0.25, 0.3) is 0 Å². The molecule has 1 N–H and O–H groups in total. The summed E-state index contributed by atoms with van der Waals surface area (Å²) in [6.07, 6.45) is 2.53. The van der Waals surface area contributed by atoms with Crippen molar-refractivity contribution in [1.29, 1.82) is 0 Å². The van der Waals surface area contributed by atoms with Gasteiger partial charge in [-0.15, -0.1) is 0 Å². The molecule has 0 spiro atoms. The Balaban J connectivity index is 2.32. The van der Waals surface area contributed by atoms with E-state index in [9.17, 15) is 4.39 Å². The maximum Gasteiger partial charge on any atom is 0.123 e. The predicted molar refractivity (Wildman–Crippen MR) is 83.7 cm³/mol. The van der Waals surface area contributed by atoms with Gasteiger partial charge in [0.2, 0.25) is 0 Å². The molecule has 1 saturated carbocycles. The number of anilines is 1. The quantitative estimate of drug-likeness (QED) is 0.807. The summed E-state index contributed by atoms with van der Waals surface area (Å²) in [5.41, 5.74) is 2.29. The molecule has 1 atom stereocenters. The molecule has 1 aromatic rings. The van der Waals surface area contributed by atoms with E-state index in [1.54, 1.807) is 12.1 Å². The van der Waals surface area contributed by atoms with Gasteiger partial charge in [-0.05, 0) is 56.0 Å². The average molecular weight is 278 g/mol. The molecule has 0 bridgehead atoms. The summed E-state index contributed by atoms with van der Waals surface area (Å²) in [6.45, 7) is 10.6. The van der Waals surface area contributed by atoms with Crippen LogP contribution in [0.1, 0.15) is 52.1 Å². The van der Waals surface area contributed by atoms with Crippen molar-refractivity contribution >= 4 is 5.69 Å². The zero-order chi connectivity index (χ0) is 14.7. The first-order chi connectivity index (χ1) is 9.52. The highest BCUT2D eigenvalue weighted by Crippen LogP contribution is 2.36. The lowest BCUT2D eigenvalue weighted by molar-refractivity contribution is 0.569. The van der Waals surface area contributed by atoms with Gasteiger partial charge in [-0.3, -0.25) is 0 Å². The van der Waals surface area contributed by atoms with Gasteiger partial charge in [-0.25, -0.2) is 4.39 Å². The molecule has 1 unspecified atom stereocenters. The lowest BCUT2D eigenvalue weighted by Gasteiger charge is -2.30. The standard InChI is InChI=1S/C17H27FN2/c1-5-19-13(4)16-10-14(18)6-9-17(16)20(11-12(2)3)15-7-8-15/h6,9-10,12-13,15,19H,5,7-8,11H2,1-4H3. The third-order valence-electron chi connectivity index (χ3n) is 3.83. The van der Waals surface area contributed by atoms with Crippen molar-refractivity contribution in [1.82, 2.24) is 5.32 Å². The second kappa shape index (κ2) is 6.57. The van der Waals surface area contributed by atoms with Crippen LogP contribution in [-0.4, -0.2) is 19.1 Å². The van der Waals surface area contributed by atoms with Crippen molar-refractivity contribution in [2.45, 2.75) is 52.6 Å². The molecule has 3 heteroatoms. The third-order valence-corrected chi connectivity index (χ3v) is 3.83. The molecular formula is C17H27FN2.